The molecule has 3 heteroatoms. The second-order valence-corrected chi connectivity index (χ2v) is 4.81. The van der Waals surface area contributed by atoms with Crippen molar-refractivity contribution in [3.05, 3.63) is 34.6 Å². The van der Waals surface area contributed by atoms with Crippen LogP contribution in [0.3, 0.4) is 0 Å². The van der Waals surface area contributed by atoms with E-state index in [-0.39, 0.29) is 10.8 Å². The maximum Gasteiger partial charge on any atom is 0.164 e. The van der Waals surface area contributed by atoms with Crippen LogP contribution in [-0.2, 0) is 0 Å². The molecule has 1 aromatic carbocycles. The number of Topliss-reactive ketones (excluding diaryl/α,β-unsaturated/α-hetero) is 1. The molecule has 0 N–H and O–H groups in total. The lowest BCUT2D eigenvalue weighted by atomic mass is 9.97. The first-order valence-electron chi connectivity index (χ1n) is 5.65. The normalized spacial score (nSPS) is 16.6. The van der Waals surface area contributed by atoms with Crippen molar-refractivity contribution >= 4 is 17.4 Å². The molecule has 0 atom stereocenters. The monoisotopic (exact) mass is 240 g/mol. The molecular formula is C13H14ClFO. The Hall–Kier alpha value is -0.890. The van der Waals surface area contributed by atoms with Gasteiger partial charge in [0.1, 0.15) is 5.82 Å². The number of carbonyl (C=O) groups is 1. The third-order valence-electron chi connectivity index (χ3n) is 3.18. The van der Waals surface area contributed by atoms with Gasteiger partial charge in [0.2, 0.25) is 0 Å². The lowest BCUT2D eigenvalue weighted by molar-refractivity contribution is 0.0962. The fraction of sp³-hybridized carbons (Fsp3) is 0.462. The van der Waals surface area contributed by atoms with Crippen LogP contribution in [-0.4, -0.2) is 5.78 Å². The minimum atomic E-state index is -0.401. The molecule has 0 heterocycles. The van der Waals surface area contributed by atoms with Crippen molar-refractivity contribution in [1.29, 1.82) is 0 Å². The van der Waals surface area contributed by atoms with E-state index in [1.54, 1.807) is 0 Å². The Labute approximate surface area is 99.6 Å². The fourth-order valence-electron chi connectivity index (χ4n) is 2.30. The van der Waals surface area contributed by atoms with E-state index >= 15 is 0 Å². The van der Waals surface area contributed by atoms with Gasteiger partial charge < -0.3 is 0 Å². The molecular weight excluding hydrogens is 227 g/mol. The topological polar surface area (TPSA) is 17.1 Å². The highest BCUT2D eigenvalue weighted by Crippen LogP contribution is 2.30. The van der Waals surface area contributed by atoms with Crippen LogP contribution in [0, 0.1) is 11.7 Å². The maximum absolute atomic E-state index is 12.8. The molecule has 0 bridgehead atoms. The second-order valence-electron chi connectivity index (χ2n) is 4.40. The summed E-state index contributed by atoms with van der Waals surface area (Å²) in [7, 11) is 0. The summed E-state index contributed by atoms with van der Waals surface area (Å²) in [5.74, 6) is 0.132. The van der Waals surface area contributed by atoms with Gasteiger partial charge in [-0.2, -0.15) is 0 Å². The molecule has 0 aliphatic heterocycles. The average Bonchev–Trinajstić information content (AvgIpc) is 2.70. The van der Waals surface area contributed by atoms with Crippen LogP contribution in [0.1, 0.15) is 42.5 Å². The van der Waals surface area contributed by atoms with Crippen LogP contribution in [0.5, 0.6) is 0 Å². The molecule has 0 aromatic heterocycles. The van der Waals surface area contributed by atoms with Crippen LogP contribution in [0.25, 0.3) is 0 Å². The standard InChI is InChI=1S/C13H14ClFO/c14-12-8-10(15)5-6-11(12)13(16)7-9-3-1-2-4-9/h5-6,8-9H,1-4,7H2. The van der Waals surface area contributed by atoms with Crippen molar-refractivity contribution in [3.63, 3.8) is 0 Å². The summed E-state index contributed by atoms with van der Waals surface area (Å²) in [5.41, 5.74) is 0.454. The van der Waals surface area contributed by atoms with Crippen molar-refractivity contribution in [3.8, 4) is 0 Å². The molecule has 0 amide bonds. The van der Waals surface area contributed by atoms with Crippen molar-refractivity contribution in [2.45, 2.75) is 32.1 Å². The smallest absolute Gasteiger partial charge is 0.164 e. The lowest BCUT2D eigenvalue weighted by Crippen LogP contribution is -2.06. The van der Waals surface area contributed by atoms with Crippen LogP contribution < -0.4 is 0 Å². The molecule has 86 valence electrons. The molecule has 16 heavy (non-hydrogen) atoms. The van der Waals surface area contributed by atoms with E-state index in [4.69, 9.17) is 11.6 Å². The summed E-state index contributed by atoms with van der Waals surface area (Å²) in [4.78, 5) is 11.9. The van der Waals surface area contributed by atoms with Crippen molar-refractivity contribution in [2.24, 2.45) is 5.92 Å². The number of hydrogen-bond donors (Lipinski definition) is 0. The Morgan fingerprint density at radius 3 is 2.69 bits per heavy atom. The molecule has 1 nitrogen and oxygen atoms in total. The van der Waals surface area contributed by atoms with Crippen molar-refractivity contribution in [1.82, 2.24) is 0 Å². The molecule has 0 unspecified atom stereocenters. The van der Waals surface area contributed by atoms with Crippen molar-refractivity contribution < 1.29 is 9.18 Å². The number of ketones is 1. The van der Waals surface area contributed by atoms with Crippen LogP contribution in [0.2, 0.25) is 5.02 Å². The van der Waals surface area contributed by atoms with E-state index < -0.39 is 5.82 Å². The maximum atomic E-state index is 12.8. The molecule has 0 spiro atoms. The quantitative estimate of drug-likeness (QED) is 0.722. The van der Waals surface area contributed by atoms with Gasteiger partial charge in [0, 0.05) is 12.0 Å². The Kier molecular flexibility index (Phi) is 3.59. The zero-order chi connectivity index (χ0) is 11.5. The molecule has 1 saturated carbocycles. The largest absolute Gasteiger partial charge is 0.294 e. The summed E-state index contributed by atoms with van der Waals surface area (Å²) in [6, 6.07) is 3.96. The minimum absolute atomic E-state index is 0.0388. The van der Waals surface area contributed by atoms with E-state index in [1.807, 2.05) is 0 Å². The summed E-state index contributed by atoms with van der Waals surface area (Å²) in [5, 5.41) is 0.225. The Morgan fingerprint density at radius 1 is 1.38 bits per heavy atom. The van der Waals surface area contributed by atoms with Gasteiger partial charge in [-0.05, 0) is 24.1 Å². The summed E-state index contributed by atoms with van der Waals surface area (Å²) < 4.78 is 12.8. The van der Waals surface area contributed by atoms with E-state index in [2.05, 4.69) is 0 Å². The number of carbonyl (C=O) groups excluding carboxylic acids is 1. The summed E-state index contributed by atoms with van der Waals surface area (Å²) in [6.45, 7) is 0. The Balaban J connectivity index is 2.08. The Bertz CT molecular complexity index is 397. The zero-order valence-electron chi connectivity index (χ0n) is 9.01. The Morgan fingerprint density at radius 2 is 2.06 bits per heavy atom. The van der Waals surface area contributed by atoms with Gasteiger partial charge in [0.05, 0.1) is 5.02 Å². The summed E-state index contributed by atoms with van der Waals surface area (Å²) in [6.07, 6.45) is 5.24. The van der Waals surface area contributed by atoms with E-state index in [0.29, 0.717) is 17.9 Å². The fourth-order valence-corrected chi connectivity index (χ4v) is 2.57. The first kappa shape index (κ1) is 11.6. The van der Waals surface area contributed by atoms with Gasteiger partial charge in [0.25, 0.3) is 0 Å². The first-order valence-corrected chi connectivity index (χ1v) is 6.03. The predicted octanol–water partition coefficient (Wildman–Crippen LogP) is 4.24. The van der Waals surface area contributed by atoms with E-state index in [0.717, 1.165) is 12.8 Å². The second kappa shape index (κ2) is 4.96. The van der Waals surface area contributed by atoms with Crippen LogP contribution >= 0.6 is 11.6 Å². The van der Waals surface area contributed by atoms with Gasteiger partial charge in [-0.25, -0.2) is 4.39 Å². The number of hydrogen-bond acceptors (Lipinski definition) is 1. The molecule has 1 fully saturated rings. The highest BCUT2D eigenvalue weighted by atomic mass is 35.5. The van der Waals surface area contributed by atoms with E-state index in [1.165, 1.54) is 31.0 Å². The summed E-state index contributed by atoms with van der Waals surface area (Å²) >= 11 is 5.85. The molecule has 2 rings (SSSR count). The first-order chi connectivity index (χ1) is 7.66. The van der Waals surface area contributed by atoms with E-state index in [9.17, 15) is 9.18 Å². The van der Waals surface area contributed by atoms with Crippen LogP contribution in [0.15, 0.2) is 18.2 Å². The number of benzene rings is 1. The predicted molar refractivity (Wildman–Crippen MR) is 62.3 cm³/mol. The number of halogens is 2. The zero-order valence-corrected chi connectivity index (χ0v) is 9.77. The SMILES string of the molecule is O=C(CC1CCCC1)c1ccc(F)cc1Cl. The molecule has 1 aliphatic rings. The minimum Gasteiger partial charge on any atom is -0.294 e. The lowest BCUT2D eigenvalue weighted by Gasteiger charge is -2.08. The molecule has 1 aliphatic carbocycles. The number of rotatable bonds is 3. The van der Waals surface area contributed by atoms with Crippen molar-refractivity contribution in [2.75, 3.05) is 0 Å². The van der Waals surface area contributed by atoms with Crippen LogP contribution in [0.4, 0.5) is 4.39 Å². The third-order valence-corrected chi connectivity index (χ3v) is 3.49. The average molecular weight is 241 g/mol. The third kappa shape index (κ3) is 2.62. The molecule has 0 saturated heterocycles. The molecule has 1 aromatic rings. The van der Waals surface area contributed by atoms with Gasteiger partial charge in [-0.1, -0.05) is 37.3 Å². The van der Waals surface area contributed by atoms with Gasteiger partial charge in [0.15, 0.2) is 5.78 Å². The van der Waals surface area contributed by atoms with Gasteiger partial charge in [-0.15, -0.1) is 0 Å². The highest BCUT2D eigenvalue weighted by Gasteiger charge is 2.20. The molecule has 0 radical (unpaired) electrons. The van der Waals surface area contributed by atoms with Gasteiger partial charge >= 0.3 is 0 Å². The van der Waals surface area contributed by atoms with Gasteiger partial charge in [-0.3, -0.25) is 4.79 Å². The highest BCUT2D eigenvalue weighted by molar-refractivity contribution is 6.33.